The minimum absolute atomic E-state index is 0.0508. The molecule has 0 bridgehead atoms. The predicted molar refractivity (Wildman–Crippen MR) is 52.0 cm³/mol. The van der Waals surface area contributed by atoms with Crippen molar-refractivity contribution in [3.63, 3.8) is 0 Å². The summed E-state index contributed by atoms with van der Waals surface area (Å²) >= 11 is 3.15. The smallest absolute Gasteiger partial charge is 0.291 e. The Morgan fingerprint density at radius 3 is 3.07 bits per heavy atom. The van der Waals surface area contributed by atoms with Gasteiger partial charge >= 0.3 is 0 Å². The lowest BCUT2D eigenvalue weighted by Crippen LogP contribution is -2.02. The third-order valence-corrected chi connectivity index (χ3v) is 2.37. The van der Waals surface area contributed by atoms with E-state index in [0.717, 1.165) is 0 Å². The van der Waals surface area contributed by atoms with E-state index in [2.05, 4.69) is 20.9 Å². The van der Waals surface area contributed by atoms with Crippen molar-refractivity contribution in [2.75, 3.05) is 6.61 Å². The maximum absolute atomic E-state index is 10.7. The van der Waals surface area contributed by atoms with Gasteiger partial charge in [-0.3, -0.25) is 15.1 Å². The summed E-state index contributed by atoms with van der Waals surface area (Å²) in [7, 11) is 0. The molecular formula is C8H7BrN2O3. The molecule has 0 spiro atoms. The van der Waals surface area contributed by atoms with E-state index in [4.69, 9.17) is 4.74 Å². The molecule has 5 nitrogen and oxygen atoms in total. The molecule has 14 heavy (non-hydrogen) atoms. The lowest BCUT2D eigenvalue weighted by Gasteiger charge is -1.99. The maximum Gasteiger partial charge on any atom is 0.291 e. The van der Waals surface area contributed by atoms with Crippen molar-refractivity contribution >= 4 is 21.6 Å². The van der Waals surface area contributed by atoms with Crippen LogP contribution in [0.2, 0.25) is 0 Å². The standard InChI is InChI=1S/C8H7BrN2O3/c9-5-1-8(11(12)13)7(10-3-5)2-6-4-14-6/h1,3,6H,2,4H2. The first-order valence-corrected chi connectivity index (χ1v) is 4.86. The fraction of sp³-hybridized carbons (Fsp3) is 0.375. The molecule has 1 aromatic rings. The Balaban J connectivity index is 2.31. The molecule has 1 aliphatic heterocycles. The van der Waals surface area contributed by atoms with Gasteiger partial charge in [-0.2, -0.15) is 0 Å². The van der Waals surface area contributed by atoms with Crippen molar-refractivity contribution in [3.05, 3.63) is 32.5 Å². The monoisotopic (exact) mass is 258 g/mol. The second-order valence-electron chi connectivity index (χ2n) is 3.04. The molecular weight excluding hydrogens is 252 g/mol. The number of epoxide rings is 1. The molecule has 0 saturated carbocycles. The highest BCUT2D eigenvalue weighted by atomic mass is 79.9. The maximum atomic E-state index is 10.7. The minimum Gasteiger partial charge on any atom is -0.373 e. The predicted octanol–water partition coefficient (Wildman–Crippen LogP) is 1.69. The van der Waals surface area contributed by atoms with Gasteiger partial charge in [0.05, 0.1) is 17.6 Å². The van der Waals surface area contributed by atoms with Gasteiger partial charge in [0.25, 0.3) is 5.69 Å². The first-order chi connectivity index (χ1) is 6.66. The zero-order chi connectivity index (χ0) is 10.1. The highest BCUT2D eigenvalue weighted by Crippen LogP contribution is 2.25. The Kier molecular flexibility index (Phi) is 2.47. The quantitative estimate of drug-likeness (QED) is 0.470. The van der Waals surface area contributed by atoms with Crippen molar-refractivity contribution in [2.45, 2.75) is 12.5 Å². The van der Waals surface area contributed by atoms with Gasteiger partial charge in [-0.05, 0) is 15.9 Å². The third kappa shape index (κ3) is 2.08. The number of pyridine rings is 1. The van der Waals surface area contributed by atoms with Crippen LogP contribution >= 0.6 is 15.9 Å². The zero-order valence-corrected chi connectivity index (χ0v) is 8.73. The topological polar surface area (TPSA) is 68.6 Å². The van der Waals surface area contributed by atoms with Gasteiger partial charge in [0.1, 0.15) is 5.69 Å². The second-order valence-corrected chi connectivity index (χ2v) is 3.95. The number of ether oxygens (including phenoxy) is 1. The molecule has 1 aromatic heterocycles. The normalized spacial score (nSPS) is 19.4. The summed E-state index contributed by atoms with van der Waals surface area (Å²) in [5, 5.41) is 10.7. The highest BCUT2D eigenvalue weighted by molar-refractivity contribution is 9.10. The molecule has 0 amide bonds. The van der Waals surface area contributed by atoms with E-state index in [0.29, 0.717) is 23.2 Å². The van der Waals surface area contributed by atoms with Crippen LogP contribution in [-0.2, 0) is 11.2 Å². The molecule has 0 aromatic carbocycles. The molecule has 74 valence electrons. The summed E-state index contributed by atoms with van der Waals surface area (Å²) in [6.07, 6.45) is 2.19. The van der Waals surface area contributed by atoms with Gasteiger partial charge < -0.3 is 4.74 Å². The SMILES string of the molecule is O=[N+]([O-])c1cc(Br)cnc1CC1CO1. The van der Waals surface area contributed by atoms with Crippen LogP contribution in [0, 0.1) is 10.1 Å². The fourth-order valence-electron chi connectivity index (χ4n) is 1.17. The number of nitrogens with zero attached hydrogens (tertiary/aromatic N) is 2. The average molecular weight is 259 g/mol. The fourth-order valence-corrected chi connectivity index (χ4v) is 1.49. The first-order valence-electron chi connectivity index (χ1n) is 4.07. The molecule has 0 aliphatic carbocycles. The number of aromatic nitrogens is 1. The van der Waals surface area contributed by atoms with Crippen LogP contribution in [0.1, 0.15) is 5.69 Å². The van der Waals surface area contributed by atoms with E-state index in [1.165, 1.54) is 6.07 Å². The first kappa shape index (κ1) is 9.54. The van der Waals surface area contributed by atoms with Gasteiger partial charge in [-0.1, -0.05) is 0 Å². The molecule has 1 fully saturated rings. The molecule has 1 aliphatic rings. The lowest BCUT2D eigenvalue weighted by atomic mass is 10.2. The van der Waals surface area contributed by atoms with Gasteiger partial charge in [-0.25, -0.2) is 0 Å². The molecule has 1 atom stereocenters. The third-order valence-electron chi connectivity index (χ3n) is 1.93. The van der Waals surface area contributed by atoms with Crippen molar-refractivity contribution in [3.8, 4) is 0 Å². The van der Waals surface area contributed by atoms with E-state index in [1.54, 1.807) is 6.20 Å². The Bertz CT molecular complexity index is 379. The summed E-state index contributed by atoms with van der Waals surface area (Å²) in [6.45, 7) is 0.675. The molecule has 2 rings (SSSR count). The summed E-state index contributed by atoms with van der Waals surface area (Å²) in [5.41, 5.74) is 0.538. The highest BCUT2D eigenvalue weighted by Gasteiger charge is 2.27. The van der Waals surface area contributed by atoms with E-state index >= 15 is 0 Å². The molecule has 2 heterocycles. The summed E-state index contributed by atoms with van der Waals surface area (Å²) in [4.78, 5) is 14.3. The van der Waals surface area contributed by atoms with Crippen LogP contribution in [0.4, 0.5) is 5.69 Å². The van der Waals surface area contributed by atoms with E-state index in [-0.39, 0.29) is 11.8 Å². The van der Waals surface area contributed by atoms with Crippen LogP contribution in [0.5, 0.6) is 0 Å². The van der Waals surface area contributed by atoms with Crippen LogP contribution < -0.4 is 0 Å². The minimum atomic E-state index is -0.421. The zero-order valence-electron chi connectivity index (χ0n) is 7.14. The molecule has 1 saturated heterocycles. The van der Waals surface area contributed by atoms with Crippen LogP contribution in [0.25, 0.3) is 0 Å². The largest absolute Gasteiger partial charge is 0.373 e. The van der Waals surface area contributed by atoms with Crippen molar-refractivity contribution < 1.29 is 9.66 Å². The summed E-state index contributed by atoms with van der Waals surface area (Å²) in [5.74, 6) is 0. The Hall–Kier alpha value is -1.01. The van der Waals surface area contributed by atoms with Crippen LogP contribution in [0.15, 0.2) is 16.7 Å². The number of hydrogen-bond acceptors (Lipinski definition) is 4. The van der Waals surface area contributed by atoms with E-state index in [1.807, 2.05) is 0 Å². The number of hydrogen-bond donors (Lipinski definition) is 0. The summed E-state index contributed by atoms with van der Waals surface area (Å²) < 4.78 is 5.62. The molecule has 0 N–H and O–H groups in total. The van der Waals surface area contributed by atoms with Gasteiger partial charge in [0.15, 0.2) is 0 Å². The van der Waals surface area contributed by atoms with Gasteiger partial charge in [0, 0.05) is 23.2 Å². The second kappa shape index (κ2) is 3.62. The number of nitro groups is 1. The Morgan fingerprint density at radius 2 is 2.50 bits per heavy atom. The van der Waals surface area contributed by atoms with Crippen molar-refractivity contribution in [1.82, 2.24) is 4.98 Å². The van der Waals surface area contributed by atoms with Gasteiger partial charge in [0.2, 0.25) is 0 Å². The molecule has 1 unspecified atom stereocenters. The van der Waals surface area contributed by atoms with Crippen LogP contribution in [0.3, 0.4) is 0 Å². The van der Waals surface area contributed by atoms with E-state index < -0.39 is 4.92 Å². The number of halogens is 1. The molecule has 6 heteroatoms. The van der Waals surface area contributed by atoms with Crippen molar-refractivity contribution in [2.24, 2.45) is 0 Å². The molecule has 0 radical (unpaired) electrons. The van der Waals surface area contributed by atoms with Crippen LogP contribution in [-0.4, -0.2) is 22.6 Å². The van der Waals surface area contributed by atoms with Gasteiger partial charge in [-0.15, -0.1) is 0 Å². The number of rotatable bonds is 3. The summed E-state index contributed by atoms with van der Waals surface area (Å²) in [6, 6.07) is 1.46. The Labute approximate surface area is 88.4 Å². The van der Waals surface area contributed by atoms with E-state index in [9.17, 15) is 10.1 Å². The average Bonchev–Trinajstić information content (AvgIpc) is 2.91. The van der Waals surface area contributed by atoms with Crippen molar-refractivity contribution in [1.29, 1.82) is 0 Å². The lowest BCUT2D eigenvalue weighted by molar-refractivity contribution is -0.386. The Morgan fingerprint density at radius 1 is 1.79 bits per heavy atom.